The van der Waals surface area contributed by atoms with Gasteiger partial charge in [-0.25, -0.2) is 17.9 Å². The smallest absolute Gasteiger partial charge is 0.335 e. The predicted octanol–water partition coefficient (Wildman–Crippen LogP) is 2.62. The molecule has 2 aromatic carbocycles. The van der Waals surface area contributed by atoms with Crippen LogP contribution in [-0.2, 0) is 14.8 Å². The van der Waals surface area contributed by atoms with Crippen LogP contribution in [-0.4, -0.2) is 31.9 Å². The van der Waals surface area contributed by atoms with Crippen LogP contribution in [0.25, 0.3) is 0 Å². The summed E-state index contributed by atoms with van der Waals surface area (Å²) in [6.45, 7) is 5.29. The van der Waals surface area contributed by atoms with Gasteiger partial charge in [0.15, 0.2) is 0 Å². The lowest BCUT2D eigenvalue weighted by Gasteiger charge is -2.13. The first-order valence-electron chi connectivity index (χ1n) is 8.31. The van der Waals surface area contributed by atoms with Crippen molar-refractivity contribution in [3.63, 3.8) is 0 Å². The highest BCUT2D eigenvalue weighted by Crippen LogP contribution is 2.21. The van der Waals surface area contributed by atoms with Gasteiger partial charge >= 0.3 is 5.97 Å². The zero-order valence-corrected chi connectivity index (χ0v) is 16.2. The molecule has 0 atom stereocenters. The number of hydrogen-bond acceptors (Lipinski definition) is 4. The van der Waals surface area contributed by atoms with Gasteiger partial charge in [-0.1, -0.05) is 23.8 Å². The molecule has 0 spiro atoms. The molecule has 2 rings (SSSR count). The maximum atomic E-state index is 12.5. The summed E-state index contributed by atoms with van der Waals surface area (Å²) < 4.78 is 27.5. The highest BCUT2D eigenvalue weighted by molar-refractivity contribution is 7.89. The van der Waals surface area contributed by atoms with Gasteiger partial charge in [0, 0.05) is 18.7 Å². The lowest BCUT2D eigenvalue weighted by atomic mass is 10.1. The van der Waals surface area contributed by atoms with Gasteiger partial charge < -0.3 is 10.4 Å². The van der Waals surface area contributed by atoms with Crippen molar-refractivity contribution in [2.24, 2.45) is 0 Å². The van der Waals surface area contributed by atoms with Crippen LogP contribution in [0.2, 0.25) is 0 Å². The zero-order valence-electron chi connectivity index (χ0n) is 15.4. The Balaban J connectivity index is 1.98. The molecular weight excluding hydrogens is 368 g/mol. The molecule has 0 aliphatic rings. The molecule has 7 nitrogen and oxygen atoms in total. The standard InChI is InChI=1S/C19H22N2O5S/c1-12-9-13(2)18(14(3)10-12)27(25,26)20-8-7-17(22)21-16-6-4-5-15(11-16)19(23)24/h4-6,9-11,20H,7-8H2,1-3H3,(H,21,22)(H,23,24). The van der Waals surface area contributed by atoms with Gasteiger partial charge in [-0.15, -0.1) is 0 Å². The minimum Gasteiger partial charge on any atom is -0.478 e. The maximum absolute atomic E-state index is 12.5. The monoisotopic (exact) mass is 390 g/mol. The molecule has 0 aliphatic heterocycles. The molecule has 3 N–H and O–H groups in total. The number of carbonyl (C=O) groups is 2. The van der Waals surface area contributed by atoms with E-state index in [1.165, 1.54) is 18.2 Å². The Bertz CT molecular complexity index is 960. The molecule has 0 saturated heterocycles. The molecule has 0 saturated carbocycles. The molecule has 1 amide bonds. The Morgan fingerprint density at radius 2 is 1.67 bits per heavy atom. The van der Waals surface area contributed by atoms with Crippen molar-refractivity contribution in [1.82, 2.24) is 4.72 Å². The second-order valence-electron chi connectivity index (χ2n) is 6.31. The molecule has 0 heterocycles. The fourth-order valence-electron chi connectivity index (χ4n) is 2.92. The highest BCUT2D eigenvalue weighted by atomic mass is 32.2. The van der Waals surface area contributed by atoms with Crippen molar-refractivity contribution in [2.45, 2.75) is 32.1 Å². The van der Waals surface area contributed by atoms with E-state index in [4.69, 9.17) is 5.11 Å². The van der Waals surface area contributed by atoms with Crippen molar-refractivity contribution in [2.75, 3.05) is 11.9 Å². The Morgan fingerprint density at radius 1 is 1.04 bits per heavy atom. The first-order chi connectivity index (χ1) is 12.6. The van der Waals surface area contributed by atoms with Crippen molar-refractivity contribution < 1.29 is 23.1 Å². The number of hydrogen-bond donors (Lipinski definition) is 3. The third-order valence-electron chi connectivity index (χ3n) is 3.91. The van der Waals surface area contributed by atoms with Crippen LogP contribution in [0, 0.1) is 20.8 Å². The third kappa shape index (κ3) is 5.38. The molecule has 8 heteroatoms. The van der Waals surface area contributed by atoms with Crippen molar-refractivity contribution in [3.8, 4) is 0 Å². The van der Waals surface area contributed by atoms with Gasteiger partial charge in [0.25, 0.3) is 0 Å². The van der Waals surface area contributed by atoms with Crippen LogP contribution >= 0.6 is 0 Å². The summed E-state index contributed by atoms with van der Waals surface area (Å²) in [6.07, 6.45) is -0.0829. The molecule has 27 heavy (non-hydrogen) atoms. The van der Waals surface area contributed by atoms with Crippen molar-refractivity contribution in [3.05, 3.63) is 58.7 Å². The fraction of sp³-hybridized carbons (Fsp3) is 0.263. The van der Waals surface area contributed by atoms with Crippen molar-refractivity contribution >= 4 is 27.6 Å². The Kier molecular flexibility index (Phi) is 6.35. The van der Waals surface area contributed by atoms with Gasteiger partial charge in [-0.05, 0) is 50.1 Å². The molecule has 0 aromatic heterocycles. The fourth-order valence-corrected chi connectivity index (χ4v) is 4.40. The summed E-state index contributed by atoms with van der Waals surface area (Å²) in [7, 11) is -3.73. The van der Waals surface area contributed by atoms with E-state index in [1.807, 2.05) is 6.92 Å². The number of sulfonamides is 1. The summed E-state index contributed by atoms with van der Waals surface area (Å²) in [5.74, 6) is -1.51. The largest absolute Gasteiger partial charge is 0.478 e. The van der Waals surface area contributed by atoms with Gasteiger partial charge in [0.1, 0.15) is 0 Å². The average Bonchev–Trinajstić information content (AvgIpc) is 2.53. The minimum absolute atomic E-state index is 0.0545. The second kappa shape index (κ2) is 8.32. The molecule has 0 aliphatic carbocycles. The number of carboxylic acid groups (broad SMARTS) is 1. The average molecular weight is 390 g/mol. The summed E-state index contributed by atoms with van der Waals surface area (Å²) in [5, 5.41) is 11.5. The van der Waals surface area contributed by atoms with Gasteiger partial charge in [-0.3, -0.25) is 4.79 Å². The molecule has 0 radical (unpaired) electrons. The minimum atomic E-state index is -3.73. The Morgan fingerprint density at radius 3 is 2.26 bits per heavy atom. The normalized spacial score (nSPS) is 11.2. The summed E-state index contributed by atoms with van der Waals surface area (Å²) in [5.41, 5.74) is 2.67. The lowest BCUT2D eigenvalue weighted by molar-refractivity contribution is -0.116. The number of rotatable bonds is 7. The Hall–Kier alpha value is -2.71. The van der Waals surface area contributed by atoms with E-state index in [0.29, 0.717) is 16.8 Å². The first kappa shape index (κ1) is 20.6. The predicted molar refractivity (Wildman–Crippen MR) is 102 cm³/mol. The number of aromatic carboxylic acids is 1. The molecule has 2 aromatic rings. The number of carboxylic acids is 1. The van der Waals surface area contributed by atoms with Crippen LogP contribution in [0.3, 0.4) is 0 Å². The topological polar surface area (TPSA) is 113 Å². The van der Waals surface area contributed by atoms with E-state index in [-0.39, 0.29) is 23.4 Å². The van der Waals surface area contributed by atoms with Crippen LogP contribution in [0.4, 0.5) is 5.69 Å². The van der Waals surface area contributed by atoms with E-state index in [2.05, 4.69) is 10.0 Å². The number of aryl methyl sites for hydroxylation is 3. The maximum Gasteiger partial charge on any atom is 0.335 e. The molecule has 144 valence electrons. The van der Waals surface area contributed by atoms with E-state index in [9.17, 15) is 18.0 Å². The zero-order chi connectivity index (χ0) is 20.2. The second-order valence-corrected chi connectivity index (χ2v) is 8.01. The number of anilines is 1. The van der Waals surface area contributed by atoms with Gasteiger partial charge in [0.2, 0.25) is 15.9 Å². The molecule has 0 fully saturated rings. The van der Waals surface area contributed by atoms with Crippen LogP contribution in [0.15, 0.2) is 41.3 Å². The number of carbonyl (C=O) groups excluding carboxylic acids is 1. The van der Waals surface area contributed by atoms with E-state index in [1.54, 1.807) is 32.0 Å². The number of nitrogens with one attached hydrogen (secondary N) is 2. The SMILES string of the molecule is Cc1cc(C)c(S(=O)(=O)NCCC(=O)Nc2cccc(C(=O)O)c2)c(C)c1. The van der Waals surface area contributed by atoms with Crippen LogP contribution < -0.4 is 10.0 Å². The van der Waals surface area contributed by atoms with Gasteiger partial charge in [0.05, 0.1) is 10.5 Å². The molecule has 0 unspecified atom stereocenters. The quantitative estimate of drug-likeness (QED) is 0.673. The summed E-state index contributed by atoms with van der Waals surface area (Å²) in [4.78, 5) is 23.2. The summed E-state index contributed by atoms with van der Waals surface area (Å²) >= 11 is 0. The van der Waals surface area contributed by atoms with E-state index < -0.39 is 21.9 Å². The van der Waals surface area contributed by atoms with E-state index in [0.717, 1.165) is 5.56 Å². The van der Waals surface area contributed by atoms with Gasteiger partial charge in [-0.2, -0.15) is 0 Å². The summed E-state index contributed by atoms with van der Waals surface area (Å²) in [6, 6.07) is 9.42. The molecular formula is C19H22N2O5S. The number of amides is 1. The van der Waals surface area contributed by atoms with Crippen LogP contribution in [0.5, 0.6) is 0 Å². The van der Waals surface area contributed by atoms with Crippen molar-refractivity contribution in [1.29, 1.82) is 0 Å². The molecule has 0 bridgehead atoms. The number of benzene rings is 2. The van der Waals surface area contributed by atoms with E-state index >= 15 is 0 Å². The van der Waals surface area contributed by atoms with Crippen LogP contribution in [0.1, 0.15) is 33.5 Å². The third-order valence-corrected chi connectivity index (χ3v) is 5.68. The highest BCUT2D eigenvalue weighted by Gasteiger charge is 2.19. The lowest BCUT2D eigenvalue weighted by Crippen LogP contribution is -2.29. The Labute approximate surface area is 158 Å². The first-order valence-corrected chi connectivity index (χ1v) is 9.79.